The molecule has 5 rings (SSSR count). The van der Waals surface area contributed by atoms with Crippen LogP contribution in [0.4, 0.5) is 0 Å². The van der Waals surface area contributed by atoms with Gasteiger partial charge in [0.05, 0.1) is 25.5 Å². The average molecular weight is 383 g/mol. The van der Waals surface area contributed by atoms with Gasteiger partial charge in [0.1, 0.15) is 11.5 Å². The van der Waals surface area contributed by atoms with Crippen LogP contribution >= 0.6 is 0 Å². The van der Waals surface area contributed by atoms with Crippen LogP contribution in [0.3, 0.4) is 0 Å². The van der Waals surface area contributed by atoms with Crippen molar-refractivity contribution in [3.63, 3.8) is 0 Å². The molecular formula is C21H25N3O4. The Kier molecular flexibility index (Phi) is 4.78. The van der Waals surface area contributed by atoms with Crippen molar-refractivity contribution in [1.29, 1.82) is 0 Å². The van der Waals surface area contributed by atoms with Crippen LogP contribution < -0.4 is 4.74 Å². The monoisotopic (exact) mass is 383 g/mol. The van der Waals surface area contributed by atoms with Crippen LogP contribution in [0.25, 0.3) is 0 Å². The molecule has 1 fully saturated rings. The average Bonchev–Trinajstić information content (AvgIpc) is 3.32. The molecule has 0 spiro atoms. The maximum absolute atomic E-state index is 12.6. The number of carbonyl (C=O) groups excluding carboxylic acids is 1. The van der Waals surface area contributed by atoms with Gasteiger partial charge in [0.25, 0.3) is 5.89 Å². The number of oxazole rings is 1. The Balaban J connectivity index is 1.23. The fourth-order valence-corrected chi connectivity index (χ4v) is 4.16. The summed E-state index contributed by atoms with van der Waals surface area (Å²) >= 11 is 0. The SMILES string of the molecule is O=C(c1nc2c(o1)CCN(Cc1ccc3c(c1)CCO3)CC2)N1CCOCC1. The van der Waals surface area contributed by atoms with Gasteiger partial charge in [-0.2, -0.15) is 0 Å². The lowest BCUT2D eigenvalue weighted by Crippen LogP contribution is -2.40. The molecule has 7 nitrogen and oxygen atoms in total. The maximum Gasteiger partial charge on any atom is 0.309 e. The molecule has 0 N–H and O–H groups in total. The number of benzene rings is 1. The van der Waals surface area contributed by atoms with Crippen molar-refractivity contribution in [2.45, 2.75) is 25.8 Å². The summed E-state index contributed by atoms with van der Waals surface area (Å²) < 4.78 is 16.8. The zero-order valence-corrected chi connectivity index (χ0v) is 16.0. The molecule has 7 heteroatoms. The van der Waals surface area contributed by atoms with Gasteiger partial charge >= 0.3 is 5.91 Å². The van der Waals surface area contributed by atoms with Crippen molar-refractivity contribution in [2.75, 3.05) is 46.0 Å². The molecule has 0 unspecified atom stereocenters. The van der Waals surface area contributed by atoms with Crippen LogP contribution in [0.15, 0.2) is 22.6 Å². The molecule has 28 heavy (non-hydrogen) atoms. The number of aromatic nitrogens is 1. The molecule has 1 aromatic carbocycles. The quantitative estimate of drug-likeness (QED) is 0.803. The van der Waals surface area contributed by atoms with E-state index in [1.165, 1.54) is 11.1 Å². The molecule has 4 heterocycles. The minimum absolute atomic E-state index is 0.117. The number of rotatable bonds is 3. The summed E-state index contributed by atoms with van der Waals surface area (Å²) in [5.74, 6) is 2.01. The zero-order chi connectivity index (χ0) is 18.9. The van der Waals surface area contributed by atoms with Crippen molar-refractivity contribution in [3.8, 4) is 5.75 Å². The minimum Gasteiger partial charge on any atom is -0.493 e. The van der Waals surface area contributed by atoms with Gasteiger partial charge in [0, 0.05) is 52.0 Å². The molecule has 148 valence electrons. The van der Waals surface area contributed by atoms with Crippen molar-refractivity contribution in [2.24, 2.45) is 0 Å². The van der Waals surface area contributed by atoms with E-state index in [4.69, 9.17) is 13.9 Å². The van der Waals surface area contributed by atoms with Crippen molar-refractivity contribution < 1.29 is 18.7 Å². The Bertz CT molecular complexity index is 847. The molecule has 1 amide bonds. The second-order valence-corrected chi connectivity index (χ2v) is 7.61. The second kappa shape index (κ2) is 7.56. The third-order valence-electron chi connectivity index (χ3n) is 5.74. The summed E-state index contributed by atoms with van der Waals surface area (Å²) in [5, 5.41) is 0. The number of hydrogen-bond donors (Lipinski definition) is 0. The van der Waals surface area contributed by atoms with E-state index in [9.17, 15) is 4.79 Å². The van der Waals surface area contributed by atoms with Gasteiger partial charge in [-0.15, -0.1) is 0 Å². The normalized spacial score (nSPS) is 19.6. The lowest BCUT2D eigenvalue weighted by atomic mass is 10.1. The van der Waals surface area contributed by atoms with Crippen molar-refractivity contribution in [1.82, 2.24) is 14.8 Å². The topological polar surface area (TPSA) is 68.0 Å². The largest absolute Gasteiger partial charge is 0.493 e. The first-order chi connectivity index (χ1) is 13.8. The van der Waals surface area contributed by atoms with Crippen LogP contribution in [0, 0.1) is 0 Å². The third kappa shape index (κ3) is 3.52. The van der Waals surface area contributed by atoms with E-state index in [2.05, 4.69) is 28.1 Å². The highest BCUT2D eigenvalue weighted by Gasteiger charge is 2.27. The third-order valence-corrected chi connectivity index (χ3v) is 5.74. The summed E-state index contributed by atoms with van der Waals surface area (Å²) in [5.41, 5.74) is 3.56. The Morgan fingerprint density at radius 1 is 1.04 bits per heavy atom. The molecule has 3 aliphatic heterocycles. The standard InChI is InChI=1S/C21H25N3O4/c25-21(24-8-11-26-12-9-24)20-22-17-3-6-23(7-4-19(17)28-20)14-15-1-2-18-16(13-15)5-10-27-18/h1-2,13H,3-12,14H2. The number of carbonyl (C=O) groups is 1. The lowest BCUT2D eigenvalue weighted by molar-refractivity contribution is 0.0276. The van der Waals surface area contributed by atoms with Gasteiger partial charge in [0.2, 0.25) is 0 Å². The van der Waals surface area contributed by atoms with E-state index < -0.39 is 0 Å². The predicted molar refractivity (Wildman–Crippen MR) is 102 cm³/mol. The molecule has 1 aromatic heterocycles. The molecule has 0 bridgehead atoms. The zero-order valence-electron chi connectivity index (χ0n) is 16.0. The van der Waals surface area contributed by atoms with E-state index in [1.807, 2.05) is 0 Å². The van der Waals surface area contributed by atoms with Gasteiger partial charge in [0.15, 0.2) is 0 Å². The minimum atomic E-state index is -0.117. The number of nitrogens with zero attached hydrogens (tertiary/aromatic N) is 3. The van der Waals surface area contributed by atoms with E-state index in [0.717, 1.165) is 62.7 Å². The summed E-state index contributed by atoms with van der Waals surface area (Å²) in [4.78, 5) is 21.3. The summed E-state index contributed by atoms with van der Waals surface area (Å²) in [6.07, 6.45) is 2.59. The van der Waals surface area contributed by atoms with Crippen LogP contribution in [0.5, 0.6) is 5.75 Å². The fraction of sp³-hybridized carbons (Fsp3) is 0.524. The van der Waals surface area contributed by atoms with Crippen LogP contribution in [-0.4, -0.2) is 66.7 Å². The van der Waals surface area contributed by atoms with Gasteiger partial charge in [-0.1, -0.05) is 12.1 Å². The Labute approximate surface area is 164 Å². The molecule has 0 aliphatic carbocycles. The fourth-order valence-electron chi connectivity index (χ4n) is 4.16. The molecular weight excluding hydrogens is 358 g/mol. The number of hydrogen-bond acceptors (Lipinski definition) is 6. The maximum atomic E-state index is 12.6. The first-order valence-electron chi connectivity index (χ1n) is 10.1. The van der Waals surface area contributed by atoms with E-state index in [0.29, 0.717) is 26.3 Å². The van der Waals surface area contributed by atoms with Crippen molar-refractivity contribution in [3.05, 3.63) is 46.7 Å². The van der Waals surface area contributed by atoms with Gasteiger partial charge in [-0.05, 0) is 17.2 Å². The molecule has 0 atom stereocenters. The van der Waals surface area contributed by atoms with Crippen LogP contribution in [0.1, 0.15) is 33.3 Å². The Morgan fingerprint density at radius 3 is 2.79 bits per heavy atom. The second-order valence-electron chi connectivity index (χ2n) is 7.61. The van der Waals surface area contributed by atoms with E-state index >= 15 is 0 Å². The smallest absolute Gasteiger partial charge is 0.309 e. The molecule has 1 saturated heterocycles. The molecule has 0 saturated carbocycles. The van der Waals surface area contributed by atoms with Gasteiger partial charge in [-0.3, -0.25) is 9.69 Å². The number of ether oxygens (including phenoxy) is 2. The van der Waals surface area contributed by atoms with Crippen LogP contribution in [0.2, 0.25) is 0 Å². The first kappa shape index (κ1) is 17.7. The first-order valence-corrected chi connectivity index (χ1v) is 10.1. The highest BCUT2D eigenvalue weighted by molar-refractivity contribution is 5.89. The molecule has 3 aliphatic rings. The lowest BCUT2D eigenvalue weighted by Gasteiger charge is -2.25. The molecule has 0 radical (unpaired) electrons. The summed E-state index contributed by atoms with van der Waals surface area (Å²) in [6, 6.07) is 6.51. The Hall–Kier alpha value is -2.38. The Morgan fingerprint density at radius 2 is 1.89 bits per heavy atom. The summed E-state index contributed by atoms with van der Waals surface area (Å²) in [7, 11) is 0. The van der Waals surface area contributed by atoms with Gasteiger partial charge in [-0.25, -0.2) is 4.98 Å². The van der Waals surface area contributed by atoms with E-state index in [-0.39, 0.29) is 11.8 Å². The van der Waals surface area contributed by atoms with Crippen molar-refractivity contribution >= 4 is 5.91 Å². The van der Waals surface area contributed by atoms with E-state index in [1.54, 1.807) is 4.90 Å². The van der Waals surface area contributed by atoms with Crippen LogP contribution in [-0.2, 0) is 30.5 Å². The predicted octanol–water partition coefficient (Wildman–Crippen LogP) is 1.68. The number of morpholine rings is 1. The molecule has 2 aromatic rings. The number of fused-ring (bicyclic) bond motifs is 2. The number of amides is 1. The highest BCUT2D eigenvalue weighted by Crippen LogP contribution is 2.27. The summed E-state index contributed by atoms with van der Waals surface area (Å²) in [6.45, 7) is 5.89. The van der Waals surface area contributed by atoms with Gasteiger partial charge < -0.3 is 18.8 Å². The highest BCUT2D eigenvalue weighted by atomic mass is 16.5.